The summed E-state index contributed by atoms with van der Waals surface area (Å²) in [7, 11) is -0.134. The lowest BCUT2D eigenvalue weighted by atomic mass is 9.91. The highest BCUT2D eigenvalue weighted by Gasteiger charge is 2.28. The highest BCUT2D eigenvalue weighted by Crippen LogP contribution is 2.31. The topological polar surface area (TPSA) is 26.3 Å². The van der Waals surface area contributed by atoms with Crippen LogP contribution in [0.1, 0.15) is 32.8 Å². The first kappa shape index (κ1) is 21.2. The fourth-order valence-corrected chi connectivity index (χ4v) is 5.00. The molecule has 0 aliphatic carbocycles. The molecule has 3 aromatic carbocycles. The van der Waals surface area contributed by atoms with Crippen LogP contribution in [0.3, 0.4) is 0 Å². The normalized spacial score (nSPS) is 11.4. The fourth-order valence-electron chi connectivity index (χ4n) is 2.91. The van der Waals surface area contributed by atoms with Gasteiger partial charge in [-0.05, 0) is 62.2 Å². The lowest BCUT2D eigenvalue weighted by Crippen LogP contribution is -2.26. The van der Waals surface area contributed by atoms with E-state index in [0.717, 1.165) is 12.8 Å². The quantitative estimate of drug-likeness (QED) is 0.324. The van der Waals surface area contributed by atoms with E-state index in [1.54, 1.807) is 0 Å². The van der Waals surface area contributed by atoms with Crippen molar-refractivity contribution in [2.45, 2.75) is 48.3 Å². The van der Waals surface area contributed by atoms with Crippen molar-refractivity contribution in [1.82, 2.24) is 0 Å². The molecule has 0 atom stereocenters. The molecule has 0 aliphatic rings. The van der Waals surface area contributed by atoms with Crippen molar-refractivity contribution in [3.63, 3.8) is 0 Å². The van der Waals surface area contributed by atoms with E-state index in [2.05, 4.69) is 84.9 Å². The van der Waals surface area contributed by atoms with E-state index in [1.165, 1.54) is 20.2 Å². The van der Waals surface area contributed by atoms with Crippen LogP contribution in [0.25, 0.3) is 0 Å². The first-order valence-corrected chi connectivity index (χ1v) is 11.3. The van der Waals surface area contributed by atoms with E-state index < -0.39 is 5.41 Å². The van der Waals surface area contributed by atoms with Crippen LogP contribution >= 0.6 is 0 Å². The molecule has 0 aromatic heterocycles. The molecule has 3 aromatic rings. The van der Waals surface area contributed by atoms with Crippen molar-refractivity contribution < 1.29 is 9.53 Å². The van der Waals surface area contributed by atoms with Gasteiger partial charge in [0, 0.05) is 6.42 Å². The third-order valence-corrected chi connectivity index (χ3v) is 7.41. The summed E-state index contributed by atoms with van der Waals surface area (Å²) in [5.74, 6) is -0.119. The number of benzene rings is 3. The standard InChI is InChI=1S/C26H29O2S/c1-4-26(2,3)25(27)28-20-19-21-15-17-24(18-16-21)29(22-11-7-5-8-12-22)23-13-9-6-10-14-23/h5-18H,4,19-20H2,1-3H3/q+1. The van der Waals surface area contributed by atoms with Crippen LogP contribution in [-0.4, -0.2) is 12.6 Å². The number of rotatable bonds is 8. The number of carbonyl (C=O) groups is 1. The second kappa shape index (κ2) is 9.80. The van der Waals surface area contributed by atoms with Gasteiger partial charge in [-0.2, -0.15) is 0 Å². The third-order valence-electron chi connectivity index (χ3n) is 5.18. The molecule has 0 unspecified atom stereocenters. The van der Waals surface area contributed by atoms with Crippen LogP contribution in [0, 0.1) is 5.41 Å². The molecule has 0 radical (unpaired) electrons. The molecule has 0 spiro atoms. The van der Waals surface area contributed by atoms with Crippen LogP contribution in [0.4, 0.5) is 0 Å². The number of hydrogen-bond acceptors (Lipinski definition) is 2. The Morgan fingerprint density at radius 3 is 1.76 bits per heavy atom. The minimum atomic E-state index is -0.413. The smallest absolute Gasteiger partial charge is 0.311 e. The van der Waals surface area contributed by atoms with Crippen molar-refractivity contribution in [1.29, 1.82) is 0 Å². The van der Waals surface area contributed by atoms with Crippen molar-refractivity contribution >= 4 is 16.9 Å². The molecular weight excluding hydrogens is 376 g/mol. The summed E-state index contributed by atoms with van der Waals surface area (Å²) in [6, 6.07) is 30.0. The van der Waals surface area contributed by atoms with E-state index in [1.807, 2.05) is 20.8 Å². The van der Waals surface area contributed by atoms with Gasteiger partial charge in [0.05, 0.1) is 22.9 Å². The minimum Gasteiger partial charge on any atom is -0.465 e. The van der Waals surface area contributed by atoms with Gasteiger partial charge in [0.1, 0.15) is 0 Å². The maximum absolute atomic E-state index is 12.1. The van der Waals surface area contributed by atoms with E-state index in [4.69, 9.17) is 4.74 Å². The lowest BCUT2D eigenvalue weighted by molar-refractivity contribution is -0.154. The molecular formula is C26H29O2S+. The fraction of sp³-hybridized carbons (Fsp3) is 0.269. The predicted molar refractivity (Wildman–Crippen MR) is 120 cm³/mol. The predicted octanol–water partition coefficient (Wildman–Crippen LogP) is 6.30. The average molecular weight is 406 g/mol. The van der Waals surface area contributed by atoms with Crippen LogP contribution in [0.5, 0.6) is 0 Å². The highest BCUT2D eigenvalue weighted by molar-refractivity contribution is 7.97. The monoisotopic (exact) mass is 405 g/mol. The molecule has 2 nitrogen and oxygen atoms in total. The van der Waals surface area contributed by atoms with Crippen molar-refractivity contribution in [3.8, 4) is 0 Å². The Morgan fingerprint density at radius 1 is 0.793 bits per heavy atom. The molecule has 0 saturated carbocycles. The average Bonchev–Trinajstić information content (AvgIpc) is 2.76. The van der Waals surface area contributed by atoms with Gasteiger partial charge in [-0.15, -0.1) is 0 Å². The molecule has 29 heavy (non-hydrogen) atoms. The van der Waals surface area contributed by atoms with Gasteiger partial charge in [-0.1, -0.05) is 55.5 Å². The number of carbonyl (C=O) groups excluding carboxylic acids is 1. The summed E-state index contributed by atoms with van der Waals surface area (Å²) in [6.07, 6.45) is 1.51. The Kier molecular flexibility index (Phi) is 7.16. The minimum absolute atomic E-state index is 0.119. The molecule has 150 valence electrons. The second-order valence-electron chi connectivity index (χ2n) is 7.70. The summed E-state index contributed by atoms with van der Waals surface area (Å²) >= 11 is 0. The second-order valence-corrected chi connectivity index (χ2v) is 9.73. The summed E-state index contributed by atoms with van der Waals surface area (Å²) < 4.78 is 5.48. The zero-order chi connectivity index (χ0) is 20.7. The summed E-state index contributed by atoms with van der Waals surface area (Å²) in [5.41, 5.74) is 0.768. The van der Waals surface area contributed by atoms with Crippen LogP contribution < -0.4 is 0 Å². The molecule has 0 saturated heterocycles. The number of hydrogen-bond donors (Lipinski definition) is 0. The van der Waals surface area contributed by atoms with Gasteiger partial charge in [-0.3, -0.25) is 4.79 Å². The molecule has 3 heteroatoms. The third kappa shape index (κ3) is 5.51. The number of esters is 1. The maximum Gasteiger partial charge on any atom is 0.311 e. The summed E-state index contributed by atoms with van der Waals surface area (Å²) in [4.78, 5) is 16.0. The molecule has 0 N–H and O–H groups in total. The Bertz CT molecular complexity index is 863. The zero-order valence-electron chi connectivity index (χ0n) is 17.4. The Morgan fingerprint density at radius 2 is 1.28 bits per heavy atom. The van der Waals surface area contributed by atoms with Crippen LogP contribution in [0.2, 0.25) is 0 Å². The van der Waals surface area contributed by atoms with Gasteiger partial charge >= 0.3 is 5.97 Å². The van der Waals surface area contributed by atoms with Gasteiger partial charge in [0.15, 0.2) is 14.7 Å². The molecule has 0 amide bonds. The lowest BCUT2D eigenvalue weighted by Gasteiger charge is -2.20. The van der Waals surface area contributed by atoms with Gasteiger partial charge in [-0.25, -0.2) is 0 Å². The van der Waals surface area contributed by atoms with Crippen LogP contribution in [-0.2, 0) is 26.8 Å². The molecule has 3 rings (SSSR count). The van der Waals surface area contributed by atoms with Gasteiger partial charge in [0.2, 0.25) is 0 Å². The molecule has 0 heterocycles. The SMILES string of the molecule is CCC(C)(C)C(=O)OCCc1ccc([S+](c2ccccc2)c2ccccc2)cc1. The first-order valence-electron chi connectivity index (χ1n) is 10.1. The van der Waals surface area contributed by atoms with Gasteiger partial charge in [0.25, 0.3) is 0 Å². The molecule has 0 fully saturated rings. The Labute approximate surface area is 177 Å². The Balaban J connectivity index is 1.73. The van der Waals surface area contributed by atoms with E-state index in [0.29, 0.717) is 6.61 Å². The van der Waals surface area contributed by atoms with Gasteiger partial charge < -0.3 is 4.74 Å². The molecule has 0 bridgehead atoms. The van der Waals surface area contributed by atoms with Crippen molar-refractivity contribution in [2.75, 3.05) is 6.61 Å². The van der Waals surface area contributed by atoms with E-state index >= 15 is 0 Å². The summed E-state index contributed by atoms with van der Waals surface area (Å²) in [6.45, 7) is 6.29. The summed E-state index contributed by atoms with van der Waals surface area (Å²) in [5, 5.41) is 0. The van der Waals surface area contributed by atoms with E-state index in [9.17, 15) is 4.79 Å². The maximum atomic E-state index is 12.1. The molecule has 0 aliphatic heterocycles. The largest absolute Gasteiger partial charge is 0.465 e. The van der Waals surface area contributed by atoms with Crippen LogP contribution in [0.15, 0.2) is 99.6 Å². The van der Waals surface area contributed by atoms with Crippen molar-refractivity contribution in [3.05, 3.63) is 90.5 Å². The van der Waals surface area contributed by atoms with E-state index in [-0.39, 0.29) is 16.9 Å². The number of ether oxygens (including phenoxy) is 1. The Hall–Kier alpha value is -2.52. The zero-order valence-corrected chi connectivity index (χ0v) is 18.2. The highest BCUT2D eigenvalue weighted by atomic mass is 32.2. The first-order chi connectivity index (χ1) is 14.0. The van der Waals surface area contributed by atoms with Crippen molar-refractivity contribution in [2.24, 2.45) is 5.41 Å².